The zero-order valence-corrected chi connectivity index (χ0v) is 10.7. The molecular weight excluding hydrogens is 224 g/mol. The lowest BCUT2D eigenvalue weighted by Crippen LogP contribution is -2.47. The quantitative estimate of drug-likeness (QED) is 0.574. The van der Waals surface area contributed by atoms with E-state index in [1.165, 1.54) is 7.05 Å². The van der Waals surface area contributed by atoms with Crippen molar-refractivity contribution in [2.45, 2.75) is 39.7 Å². The van der Waals surface area contributed by atoms with Gasteiger partial charge < -0.3 is 10.5 Å². The predicted molar refractivity (Wildman–Crippen MR) is 62.0 cm³/mol. The van der Waals surface area contributed by atoms with Gasteiger partial charge in [-0.25, -0.2) is 4.79 Å². The van der Waals surface area contributed by atoms with Crippen molar-refractivity contribution >= 4 is 18.0 Å². The molecule has 1 atom stereocenters. The summed E-state index contributed by atoms with van der Waals surface area (Å²) in [5.74, 6) is -1.04. The van der Waals surface area contributed by atoms with Crippen molar-refractivity contribution in [3.05, 3.63) is 0 Å². The van der Waals surface area contributed by atoms with E-state index in [9.17, 15) is 14.4 Å². The monoisotopic (exact) mass is 244 g/mol. The molecule has 0 fully saturated rings. The van der Waals surface area contributed by atoms with Crippen LogP contribution in [0.25, 0.3) is 0 Å². The molecule has 2 N–H and O–H groups in total. The minimum Gasteiger partial charge on any atom is -0.376 e. The van der Waals surface area contributed by atoms with Crippen LogP contribution in [0.1, 0.15) is 33.6 Å². The van der Waals surface area contributed by atoms with E-state index < -0.39 is 24.0 Å². The summed E-state index contributed by atoms with van der Waals surface area (Å²) in [7, 11) is 1.39. The molecule has 0 aliphatic carbocycles. The van der Waals surface area contributed by atoms with Gasteiger partial charge in [-0.3, -0.25) is 14.5 Å². The molecule has 0 aromatic carbocycles. The van der Waals surface area contributed by atoms with E-state index >= 15 is 0 Å². The zero-order chi connectivity index (χ0) is 13.6. The molecule has 0 saturated heterocycles. The Morgan fingerprint density at radius 2 is 1.82 bits per heavy atom. The van der Waals surface area contributed by atoms with Gasteiger partial charge in [0, 0.05) is 13.5 Å². The third kappa shape index (κ3) is 5.33. The third-order valence-electron chi connectivity index (χ3n) is 2.27. The van der Waals surface area contributed by atoms with Crippen molar-refractivity contribution in [3.63, 3.8) is 0 Å². The molecule has 0 aliphatic heterocycles. The van der Waals surface area contributed by atoms with Gasteiger partial charge in [-0.1, -0.05) is 20.8 Å². The van der Waals surface area contributed by atoms with Crippen molar-refractivity contribution < 1.29 is 19.1 Å². The number of ether oxygens (including phenoxy) is 1. The lowest BCUT2D eigenvalue weighted by Gasteiger charge is -2.25. The molecule has 0 aromatic rings. The molecule has 17 heavy (non-hydrogen) atoms. The molecule has 0 heterocycles. The third-order valence-corrected chi connectivity index (χ3v) is 2.27. The van der Waals surface area contributed by atoms with Crippen molar-refractivity contribution in [3.8, 4) is 0 Å². The van der Waals surface area contributed by atoms with Gasteiger partial charge in [0.15, 0.2) is 0 Å². The summed E-state index contributed by atoms with van der Waals surface area (Å²) in [6.45, 7) is 5.40. The summed E-state index contributed by atoms with van der Waals surface area (Å²) >= 11 is 0. The Morgan fingerprint density at radius 1 is 1.29 bits per heavy atom. The number of amides is 2. The number of hydrogen-bond acceptors (Lipinski definition) is 4. The maximum absolute atomic E-state index is 11.5. The number of esters is 1. The molecule has 0 aromatic heterocycles. The molecule has 2 amide bonds. The van der Waals surface area contributed by atoms with E-state index in [1.807, 2.05) is 13.8 Å². The van der Waals surface area contributed by atoms with Crippen LogP contribution in [-0.2, 0) is 14.3 Å². The molecule has 6 nitrogen and oxygen atoms in total. The van der Waals surface area contributed by atoms with E-state index in [2.05, 4.69) is 4.74 Å². The Hall–Kier alpha value is -1.59. The first-order valence-electron chi connectivity index (χ1n) is 5.56. The normalized spacial score (nSPS) is 12.1. The van der Waals surface area contributed by atoms with Crippen molar-refractivity contribution in [2.24, 2.45) is 11.7 Å². The predicted octanol–water partition coefficient (Wildman–Crippen LogP) is 0.891. The van der Waals surface area contributed by atoms with Crippen LogP contribution in [0, 0.1) is 5.92 Å². The summed E-state index contributed by atoms with van der Waals surface area (Å²) in [6.07, 6.45) is -0.312. The summed E-state index contributed by atoms with van der Waals surface area (Å²) in [6, 6.07) is -0.757. The maximum atomic E-state index is 11.5. The molecule has 0 saturated carbocycles. The van der Waals surface area contributed by atoms with Gasteiger partial charge in [0.2, 0.25) is 5.91 Å². The average Bonchev–Trinajstić information content (AvgIpc) is 2.23. The topological polar surface area (TPSA) is 89.7 Å². The zero-order valence-electron chi connectivity index (χ0n) is 10.7. The number of carbonyl (C=O) groups is 3. The minimum atomic E-state index is -0.846. The highest BCUT2D eigenvalue weighted by atomic mass is 16.6. The smallest absolute Gasteiger partial charge is 0.376 e. The molecule has 0 aliphatic rings. The largest absolute Gasteiger partial charge is 0.417 e. The first kappa shape index (κ1) is 15.4. The molecular formula is C11H20N2O4. The van der Waals surface area contributed by atoms with E-state index in [-0.39, 0.29) is 12.3 Å². The number of hydrogen-bond donors (Lipinski definition) is 1. The summed E-state index contributed by atoms with van der Waals surface area (Å²) in [5, 5.41) is 0. The number of likely N-dealkylation sites (N-methyl/N-ethyl adjacent to an activating group) is 1. The van der Waals surface area contributed by atoms with Gasteiger partial charge in [-0.05, 0) is 12.3 Å². The van der Waals surface area contributed by atoms with Crippen LogP contribution in [0.3, 0.4) is 0 Å². The van der Waals surface area contributed by atoms with E-state index in [0.717, 1.165) is 4.90 Å². The second-order valence-corrected chi connectivity index (χ2v) is 4.25. The number of carbonyl (C=O) groups excluding carboxylic acids is 3. The Labute approximate surface area is 101 Å². The Morgan fingerprint density at radius 3 is 2.18 bits per heavy atom. The summed E-state index contributed by atoms with van der Waals surface area (Å²) < 4.78 is 4.51. The average molecular weight is 244 g/mol. The maximum Gasteiger partial charge on any atom is 0.417 e. The molecule has 0 rings (SSSR count). The highest BCUT2D eigenvalue weighted by Crippen LogP contribution is 2.11. The van der Waals surface area contributed by atoms with Crippen molar-refractivity contribution in [1.29, 1.82) is 0 Å². The molecule has 0 spiro atoms. The highest BCUT2D eigenvalue weighted by molar-refractivity contribution is 5.88. The van der Waals surface area contributed by atoms with Crippen molar-refractivity contribution in [1.82, 2.24) is 4.90 Å². The van der Waals surface area contributed by atoms with Crippen LogP contribution >= 0.6 is 0 Å². The Kier molecular flexibility index (Phi) is 6.23. The first-order chi connectivity index (χ1) is 7.79. The van der Waals surface area contributed by atoms with Gasteiger partial charge in [-0.15, -0.1) is 0 Å². The second-order valence-electron chi connectivity index (χ2n) is 4.25. The fourth-order valence-corrected chi connectivity index (χ4v) is 1.28. The van der Waals surface area contributed by atoms with Crippen LogP contribution in [0.4, 0.5) is 4.79 Å². The lowest BCUT2D eigenvalue weighted by atomic mass is 10.0. The van der Waals surface area contributed by atoms with Crippen LogP contribution in [0.2, 0.25) is 0 Å². The van der Waals surface area contributed by atoms with Gasteiger partial charge >= 0.3 is 12.1 Å². The summed E-state index contributed by atoms with van der Waals surface area (Å²) in [4.78, 5) is 34.8. The summed E-state index contributed by atoms with van der Waals surface area (Å²) in [5.41, 5.74) is 5.21. The van der Waals surface area contributed by atoms with Gasteiger partial charge in [0.05, 0.1) is 0 Å². The fraction of sp³-hybridized carbons (Fsp3) is 0.727. The SMILES string of the molecule is CCC(=O)OC(=O)N(C)[C@@H](CC(C)C)C(N)=O. The molecule has 98 valence electrons. The lowest BCUT2D eigenvalue weighted by molar-refractivity contribution is -0.139. The Bertz CT molecular complexity index is 302. The molecule has 6 heteroatoms. The first-order valence-corrected chi connectivity index (χ1v) is 5.56. The molecule has 0 radical (unpaired) electrons. The van der Waals surface area contributed by atoms with Gasteiger partial charge in [0.1, 0.15) is 6.04 Å². The van der Waals surface area contributed by atoms with Crippen LogP contribution < -0.4 is 5.73 Å². The number of nitrogens with two attached hydrogens (primary N) is 1. The van der Waals surface area contributed by atoms with E-state index in [1.54, 1.807) is 6.92 Å². The molecule has 0 bridgehead atoms. The van der Waals surface area contributed by atoms with Crippen LogP contribution in [-0.4, -0.2) is 36.0 Å². The highest BCUT2D eigenvalue weighted by Gasteiger charge is 2.27. The molecule has 0 unspecified atom stereocenters. The minimum absolute atomic E-state index is 0.102. The second kappa shape index (κ2) is 6.88. The number of rotatable bonds is 5. The van der Waals surface area contributed by atoms with E-state index in [4.69, 9.17) is 5.73 Å². The Balaban J connectivity index is 4.60. The van der Waals surface area contributed by atoms with Crippen LogP contribution in [0.5, 0.6) is 0 Å². The fourth-order valence-electron chi connectivity index (χ4n) is 1.28. The van der Waals surface area contributed by atoms with Gasteiger partial charge in [0.25, 0.3) is 0 Å². The standard InChI is InChI=1S/C11H20N2O4/c1-5-9(14)17-11(16)13(4)8(10(12)15)6-7(2)3/h7-8H,5-6H2,1-4H3,(H2,12,15)/t8-/m0/s1. The van der Waals surface area contributed by atoms with Gasteiger partial charge in [-0.2, -0.15) is 0 Å². The van der Waals surface area contributed by atoms with Crippen molar-refractivity contribution in [2.75, 3.05) is 7.05 Å². The number of primary amides is 1. The van der Waals surface area contributed by atoms with Crippen LogP contribution in [0.15, 0.2) is 0 Å². The van der Waals surface area contributed by atoms with E-state index in [0.29, 0.717) is 6.42 Å². The number of nitrogens with zero attached hydrogens (tertiary/aromatic N) is 1.